The molecule has 0 aliphatic carbocycles. The maximum absolute atomic E-state index is 7.19. The van der Waals surface area contributed by atoms with Crippen molar-refractivity contribution in [3.05, 3.63) is 96.6 Å². The Morgan fingerprint density at radius 1 is 0.744 bits per heavy atom. The van der Waals surface area contributed by atoms with Gasteiger partial charge >= 0.3 is 0 Å². The highest BCUT2D eigenvalue weighted by Crippen LogP contribution is 2.38. The lowest BCUT2D eigenvalue weighted by Gasteiger charge is -2.43. The fourth-order valence-corrected chi connectivity index (χ4v) is 11.0. The van der Waals surface area contributed by atoms with Crippen LogP contribution in [-0.2, 0) is 20.5 Å². The van der Waals surface area contributed by atoms with Gasteiger partial charge in [-0.1, -0.05) is 133 Å². The van der Waals surface area contributed by atoms with Crippen molar-refractivity contribution in [1.29, 1.82) is 0 Å². The van der Waals surface area contributed by atoms with Gasteiger partial charge in [0.2, 0.25) is 0 Å². The van der Waals surface area contributed by atoms with Crippen molar-refractivity contribution < 1.29 is 13.9 Å². The van der Waals surface area contributed by atoms with Gasteiger partial charge in [-0.3, -0.25) is 0 Å². The first kappa shape index (κ1) is 29.7. The molecule has 0 amide bonds. The van der Waals surface area contributed by atoms with Crippen LogP contribution in [0.2, 0.25) is 5.04 Å². The van der Waals surface area contributed by atoms with Crippen molar-refractivity contribution in [1.82, 2.24) is 0 Å². The third kappa shape index (κ3) is 7.70. The van der Waals surface area contributed by atoms with E-state index in [2.05, 4.69) is 126 Å². The van der Waals surface area contributed by atoms with E-state index >= 15 is 0 Å². The molecule has 1 aliphatic heterocycles. The summed E-state index contributed by atoms with van der Waals surface area (Å²) in [5.74, 6) is 1.64. The molecule has 4 rings (SSSR count). The summed E-state index contributed by atoms with van der Waals surface area (Å²) in [6, 6.07) is 32.3. The van der Waals surface area contributed by atoms with Gasteiger partial charge in [-0.05, 0) is 51.6 Å². The number of hydrogen-bond donors (Lipinski definition) is 0. The van der Waals surface area contributed by atoms with Gasteiger partial charge in [0.25, 0.3) is 8.32 Å². The molecule has 5 atom stereocenters. The Hall–Kier alpha value is -2.24. The van der Waals surface area contributed by atoms with E-state index in [9.17, 15) is 0 Å². The van der Waals surface area contributed by atoms with E-state index in [1.165, 1.54) is 22.4 Å². The number of rotatable bonds is 14. The molecule has 1 saturated heterocycles. The quantitative estimate of drug-likeness (QED) is 0.158. The molecule has 1 aliphatic rings. The smallest absolute Gasteiger partial charge is 0.261 e. The van der Waals surface area contributed by atoms with E-state index in [1.54, 1.807) is 0 Å². The first-order valence-corrected chi connectivity index (χ1v) is 16.6. The van der Waals surface area contributed by atoms with E-state index in [4.69, 9.17) is 13.9 Å². The van der Waals surface area contributed by atoms with Crippen LogP contribution in [0.3, 0.4) is 0 Å². The van der Waals surface area contributed by atoms with Gasteiger partial charge in [-0.2, -0.15) is 0 Å². The summed E-state index contributed by atoms with van der Waals surface area (Å²) in [7, 11) is -2.48. The van der Waals surface area contributed by atoms with Crippen molar-refractivity contribution in [3.63, 3.8) is 0 Å². The van der Waals surface area contributed by atoms with Gasteiger partial charge in [-0.25, -0.2) is 0 Å². The molecular weight excluding hydrogens is 496 g/mol. The highest BCUT2D eigenvalue weighted by atomic mass is 28.4. The summed E-state index contributed by atoms with van der Waals surface area (Å²) in [6.07, 6.45) is 2.90. The number of hydrogen-bond acceptors (Lipinski definition) is 3. The Labute approximate surface area is 238 Å². The van der Waals surface area contributed by atoms with Gasteiger partial charge < -0.3 is 13.9 Å². The molecule has 3 aromatic rings. The molecule has 0 N–H and O–H groups in total. The summed E-state index contributed by atoms with van der Waals surface area (Å²) in [5.41, 5.74) is 1.21. The lowest BCUT2D eigenvalue weighted by atomic mass is 9.88. The van der Waals surface area contributed by atoms with Crippen molar-refractivity contribution in [2.45, 2.75) is 78.2 Å². The molecule has 0 saturated carbocycles. The summed E-state index contributed by atoms with van der Waals surface area (Å²) >= 11 is 0. The van der Waals surface area contributed by atoms with Gasteiger partial charge in [0.05, 0.1) is 19.3 Å². The fourth-order valence-electron chi connectivity index (χ4n) is 6.31. The molecule has 39 heavy (non-hydrogen) atoms. The maximum atomic E-state index is 7.19. The van der Waals surface area contributed by atoms with E-state index < -0.39 is 8.32 Å². The van der Waals surface area contributed by atoms with E-state index in [-0.39, 0.29) is 11.1 Å². The lowest BCUT2D eigenvalue weighted by molar-refractivity contribution is 0.104. The molecule has 0 spiro atoms. The molecule has 0 aromatic heterocycles. The van der Waals surface area contributed by atoms with Gasteiger partial charge in [-0.15, -0.1) is 0 Å². The van der Waals surface area contributed by atoms with Crippen LogP contribution < -0.4 is 10.4 Å². The lowest BCUT2D eigenvalue weighted by Crippen LogP contribution is -2.66. The Morgan fingerprint density at radius 2 is 1.28 bits per heavy atom. The van der Waals surface area contributed by atoms with Crippen LogP contribution in [0.1, 0.15) is 59.9 Å². The Morgan fingerprint density at radius 3 is 1.82 bits per heavy atom. The van der Waals surface area contributed by atoms with Gasteiger partial charge in [0.1, 0.15) is 6.10 Å². The topological polar surface area (TPSA) is 31.0 Å². The number of epoxide rings is 1. The van der Waals surface area contributed by atoms with Crippen LogP contribution in [0, 0.1) is 17.8 Å². The van der Waals surface area contributed by atoms with Crippen LogP contribution in [0.4, 0.5) is 0 Å². The van der Waals surface area contributed by atoms with Gasteiger partial charge in [0.15, 0.2) is 0 Å². The first-order chi connectivity index (χ1) is 18.7. The Kier molecular flexibility index (Phi) is 10.2. The highest BCUT2D eigenvalue weighted by Gasteiger charge is 2.50. The van der Waals surface area contributed by atoms with Gasteiger partial charge in [0, 0.05) is 6.61 Å². The average molecular weight is 545 g/mol. The molecule has 3 nitrogen and oxygen atoms in total. The monoisotopic (exact) mass is 544 g/mol. The Balaban J connectivity index is 1.30. The predicted octanol–water partition coefficient (Wildman–Crippen LogP) is 7.24. The minimum atomic E-state index is -2.48. The zero-order chi connectivity index (χ0) is 27.9. The van der Waals surface area contributed by atoms with Crippen molar-refractivity contribution in [2.24, 2.45) is 17.8 Å². The van der Waals surface area contributed by atoms with E-state index in [0.717, 1.165) is 13.0 Å². The molecule has 4 heteroatoms. The van der Waals surface area contributed by atoms with Crippen molar-refractivity contribution >= 4 is 18.7 Å². The Bertz CT molecular complexity index is 1070. The molecule has 0 bridgehead atoms. The van der Waals surface area contributed by atoms with Crippen LogP contribution in [0.5, 0.6) is 0 Å². The van der Waals surface area contributed by atoms with Crippen molar-refractivity contribution in [3.8, 4) is 0 Å². The minimum Gasteiger partial charge on any atom is -0.407 e. The van der Waals surface area contributed by atoms with E-state index in [1.807, 2.05) is 6.07 Å². The molecule has 1 heterocycles. The second-order valence-electron chi connectivity index (χ2n) is 12.8. The maximum Gasteiger partial charge on any atom is 0.261 e. The summed E-state index contributed by atoms with van der Waals surface area (Å²) < 4.78 is 19.1. The third-order valence-electron chi connectivity index (χ3n) is 8.16. The standard InChI is InChI=1S/C35H48O3Si/c1-27(23-29(3)34-33(38-34)26-36-25-30-16-10-7-11-17-30)22-28(2)24-37-39(35(4,5)6,31-18-12-8-13-19-31)32-20-14-9-15-21-32/h7-21,27-29,33-34H,22-26H2,1-6H3/t27-,28+,29-,33+,34+/m0/s1. The van der Waals surface area contributed by atoms with Crippen LogP contribution in [0.25, 0.3) is 0 Å². The summed E-state index contributed by atoms with van der Waals surface area (Å²) in [6.45, 7) is 16.2. The summed E-state index contributed by atoms with van der Waals surface area (Å²) in [4.78, 5) is 0. The SMILES string of the molecule is C[C@@H](CO[Si](c1ccccc1)(c1ccccc1)C(C)(C)C)C[C@H](C)C[C@H](C)[C@H]1O[C@@H]1COCc1ccccc1. The van der Waals surface area contributed by atoms with Crippen LogP contribution >= 0.6 is 0 Å². The number of benzene rings is 3. The molecular formula is C35H48O3Si. The van der Waals surface area contributed by atoms with Crippen LogP contribution in [-0.4, -0.2) is 33.7 Å². The molecule has 210 valence electrons. The third-order valence-corrected chi connectivity index (χ3v) is 13.2. The minimum absolute atomic E-state index is 0.0104. The normalized spacial score (nSPS) is 19.8. The molecule has 3 aromatic carbocycles. The molecule has 0 radical (unpaired) electrons. The second-order valence-corrected chi connectivity index (χ2v) is 17.1. The zero-order valence-corrected chi connectivity index (χ0v) is 25.8. The first-order valence-electron chi connectivity index (χ1n) is 14.7. The van der Waals surface area contributed by atoms with Crippen LogP contribution in [0.15, 0.2) is 91.0 Å². The predicted molar refractivity (Wildman–Crippen MR) is 165 cm³/mol. The summed E-state index contributed by atoms with van der Waals surface area (Å²) in [5, 5.41) is 2.71. The zero-order valence-electron chi connectivity index (χ0n) is 24.8. The van der Waals surface area contributed by atoms with Crippen molar-refractivity contribution in [2.75, 3.05) is 13.2 Å². The van der Waals surface area contributed by atoms with E-state index in [0.29, 0.717) is 37.1 Å². The number of ether oxygens (including phenoxy) is 2. The second kappa shape index (κ2) is 13.4. The highest BCUT2D eigenvalue weighted by molar-refractivity contribution is 6.99. The average Bonchev–Trinajstić information content (AvgIpc) is 3.70. The molecule has 1 fully saturated rings. The molecule has 0 unspecified atom stereocenters. The fraction of sp³-hybridized carbons (Fsp3) is 0.486. The largest absolute Gasteiger partial charge is 0.407 e.